The molecule has 0 aliphatic rings. The van der Waals surface area contributed by atoms with Gasteiger partial charge in [-0.15, -0.1) is 0 Å². The van der Waals surface area contributed by atoms with Gasteiger partial charge in [-0.3, -0.25) is 4.98 Å². The zero-order chi connectivity index (χ0) is 19.7. The van der Waals surface area contributed by atoms with E-state index >= 15 is 0 Å². The monoisotopic (exact) mass is 400 g/mol. The van der Waals surface area contributed by atoms with E-state index in [1.807, 2.05) is 6.07 Å². The second kappa shape index (κ2) is 7.09. The smallest absolute Gasteiger partial charge is 0.306 e. The number of benzene rings is 2. The maximum Gasteiger partial charge on any atom is 0.306 e. The van der Waals surface area contributed by atoms with Crippen LogP contribution in [0.3, 0.4) is 0 Å². The van der Waals surface area contributed by atoms with Gasteiger partial charge in [0.2, 0.25) is 0 Å². The van der Waals surface area contributed by atoms with Gasteiger partial charge in [-0.25, -0.2) is 0 Å². The molecule has 0 aliphatic carbocycles. The Hall–Kier alpha value is -3.19. The van der Waals surface area contributed by atoms with Crippen LogP contribution in [0.1, 0.15) is 5.69 Å². The lowest BCUT2D eigenvalue weighted by atomic mass is 10.0. The maximum absolute atomic E-state index is 14.6. The summed E-state index contributed by atoms with van der Waals surface area (Å²) in [6.45, 7) is -0.677. The first kappa shape index (κ1) is 18.2. The Bertz CT molecular complexity index is 1130. The quantitative estimate of drug-likeness (QED) is 0.473. The number of oxazole rings is 1. The van der Waals surface area contributed by atoms with E-state index in [9.17, 15) is 8.78 Å². The van der Waals surface area contributed by atoms with Crippen molar-refractivity contribution in [3.05, 3.63) is 71.5 Å². The number of nitrogen functional groups attached to an aromatic ring is 1. The van der Waals surface area contributed by atoms with Crippen LogP contribution >= 0.6 is 11.6 Å². The highest BCUT2D eigenvalue weighted by molar-refractivity contribution is 6.30. The highest BCUT2D eigenvalue weighted by atomic mass is 35.5. The summed E-state index contributed by atoms with van der Waals surface area (Å²) in [6, 6.07) is 14.9. The molecule has 4 rings (SSSR count). The third-order valence-corrected chi connectivity index (χ3v) is 4.47. The third-order valence-electron chi connectivity index (χ3n) is 4.24. The number of hydrogen-bond acceptors (Lipinski definition) is 5. The lowest BCUT2D eigenvalue weighted by Gasteiger charge is -2.19. The van der Waals surface area contributed by atoms with Crippen LogP contribution < -0.4 is 11.1 Å². The second-order valence-corrected chi connectivity index (χ2v) is 6.61. The van der Waals surface area contributed by atoms with Crippen LogP contribution in [0.2, 0.25) is 5.02 Å². The highest BCUT2D eigenvalue weighted by Crippen LogP contribution is 2.37. The zero-order valence-electron chi connectivity index (χ0n) is 14.5. The highest BCUT2D eigenvalue weighted by Gasteiger charge is 2.33. The fourth-order valence-corrected chi connectivity index (χ4v) is 3.15. The standard InChI is InChI=1S/C20H15ClF2N4O/c21-13-5-3-4-12(10-13)14-7-8-15-18(27-19(24)28-15)17(14)26-11-20(22,23)16-6-1-2-9-25-16/h1-10,26H,11H2,(H2,24,27). The molecule has 0 saturated carbocycles. The average Bonchev–Trinajstić information content (AvgIpc) is 3.07. The van der Waals surface area contributed by atoms with Gasteiger partial charge >= 0.3 is 5.92 Å². The SMILES string of the molecule is Nc1nc2c(NCC(F)(F)c3ccccn3)c(-c3cccc(Cl)c3)ccc2o1. The molecule has 4 aromatic rings. The first-order valence-electron chi connectivity index (χ1n) is 8.42. The Morgan fingerprint density at radius 2 is 1.96 bits per heavy atom. The molecular formula is C20H15ClF2N4O. The first-order chi connectivity index (χ1) is 13.4. The number of rotatable bonds is 5. The molecule has 0 amide bonds. The van der Waals surface area contributed by atoms with Crippen LogP contribution in [0.4, 0.5) is 20.5 Å². The molecule has 0 unspecified atom stereocenters. The number of alkyl halides is 2. The Balaban J connectivity index is 1.77. The minimum atomic E-state index is -3.19. The van der Waals surface area contributed by atoms with Gasteiger partial charge in [-0.1, -0.05) is 29.8 Å². The Kier molecular flexibility index (Phi) is 4.60. The van der Waals surface area contributed by atoms with Gasteiger partial charge in [0.1, 0.15) is 11.2 Å². The second-order valence-electron chi connectivity index (χ2n) is 6.17. The molecule has 2 aromatic heterocycles. The van der Waals surface area contributed by atoms with Crippen molar-refractivity contribution in [2.75, 3.05) is 17.6 Å². The molecule has 2 aromatic carbocycles. The minimum Gasteiger partial charge on any atom is -0.424 e. The first-order valence-corrected chi connectivity index (χ1v) is 8.80. The number of nitrogens with two attached hydrogens (primary N) is 1. The van der Waals surface area contributed by atoms with E-state index in [1.165, 1.54) is 18.3 Å². The van der Waals surface area contributed by atoms with Crippen molar-refractivity contribution in [1.82, 2.24) is 9.97 Å². The van der Waals surface area contributed by atoms with Crippen LogP contribution in [0.5, 0.6) is 0 Å². The van der Waals surface area contributed by atoms with E-state index in [0.29, 0.717) is 27.4 Å². The van der Waals surface area contributed by atoms with Gasteiger partial charge in [0.25, 0.3) is 6.01 Å². The number of fused-ring (bicyclic) bond motifs is 1. The largest absolute Gasteiger partial charge is 0.424 e. The number of anilines is 2. The summed E-state index contributed by atoms with van der Waals surface area (Å²) in [5, 5.41) is 3.34. The summed E-state index contributed by atoms with van der Waals surface area (Å²) in [7, 11) is 0. The van der Waals surface area contributed by atoms with E-state index in [4.69, 9.17) is 21.8 Å². The van der Waals surface area contributed by atoms with Crippen molar-refractivity contribution in [2.45, 2.75) is 5.92 Å². The Morgan fingerprint density at radius 3 is 2.71 bits per heavy atom. The summed E-state index contributed by atoms with van der Waals surface area (Å²) >= 11 is 6.10. The number of aromatic nitrogens is 2. The van der Waals surface area contributed by atoms with Crippen LogP contribution in [0.15, 0.2) is 65.2 Å². The molecule has 28 heavy (non-hydrogen) atoms. The van der Waals surface area contributed by atoms with Crippen LogP contribution in [0.25, 0.3) is 22.2 Å². The Morgan fingerprint density at radius 1 is 1.11 bits per heavy atom. The maximum atomic E-state index is 14.6. The van der Waals surface area contributed by atoms with Crippen molar-refractivity contribution in [2.24, 2.45) is 0 Å². The summed E-state index contributed by atoms with van der Waals surface area (Å²) in [6.07, 6.45) is 1.33. The topological polar surface area (TPSA) is 77.0 Å². The average molecular weight is 401 g/mol. The van der Waals surface area contributed by atoms with E-state index in [0.717, 1.165) is 5.56 Å². The van der Waals surface area contributed by atoms with Gasteiger partial charge in [0.05, 0.1) is 12.2 Å². The molecule has 2 heterocycles. The molecular weight excluding hydrogens is 386 g/mol. The van der Waals surface area contributed by atoms with Crippen molar-refractivity contribution in [3.63, 3.8) is 0 Å². The van der Waals surface area contributed by atoms with Crippen LogP contribution in [-0.2, 0) is 5.92 Å². The molecule has 0 atom stereocenters. The predicted octanol–water partition coefficient (Wildman–Crippen LogP) is 5.33. The lowest BCUT2D eigenvalue weighted by Crippen LogP contribution is -2.26. The predicted molar refractivity (Wildman–Crippen MR) is 105 cm³/mol. The number of nitrogens with one attached hydrogen (secondary N) is 1. The molecule has 142 valence electrons. The fourth-order valence-electron chi connectivity index (χ4n) is 2.96. The van der Waals surface area contributed by atoms with Crippen LogP contribution in [-0.4, -0.2) is 16.5 Å². The van der Waals surface area contributed by atoms with Crippen molar-refractivity contribution in [3.8, 4) is 11.1 Å². The van der Waals surface area contributed by atoms with Crippen molar-refractivity contribution in [1.29, 1.82) is 0 Å². The molecule has 8 heteroatoms. The molecule has 5 nitrogen and oxygen atoms in total. The summed E-state index contributed by atoms with van der Waals surface area (Å²) < 4.78 is 34.6. The zero-order valence-corrected chi connectivity index (χ0v) is 15.3. The molecule has 3 N–H and O–H groups in total. The number of nitrogens with zero attached hydrogens (tertiary/aromatic N) is 2. The van der Waals surface area contributed by atoms with E-state index < -0.39 is 12.5 Å². The summed E-state index contributed by atoms with van der Waals surface area (Å²) in [5.41, 5.74) is 7.89. The Labute approximate surface area is 164 Å². The van der Waals surface area contributed by atoms with Crippen molar-refractivity contribution < 1.29 is 13.2 Å². The minimum absolute atomic E-state index is 0.0437. The van der Waals surface area contributed by atoms with Crippen LogP contribution in [0, 0.1) is 0 Å². The van der Waals surface area contributed by atoms with Gasteiger partial charge in [0.15, 0.2) is 5.58 Å². The van der Waals surface area contributed by atoms with Gasteiger partial charge in [0, 0.05) is 16.8 Å². The van der Waals surface area contributed by atoms with Gasteiger partial charge < -0.3 is 15.5 Å². The number of hydrogen-bond donors (Lipinski definition) is 2. The number of halogens is 3. The molecule has 0 saturated heterocycles. The van der Waals surface area contributed by atoms with Gasteiger partial charge in [-0.05, 0) is 42.0 Å². The molecule has 0 fully saturated rings. The summed E-state index contributed by atoms with van der Waals surface area (Å²) in [5.74, 6) is -3.19. The number of pyridine rings is 1. The normalized spacial score (nSPS) is 11.7. The van der Waals surface area contributed by atoms with Gasteiger partial charge in [-0.2, -0.15) is 13.8 Å². The third kappa shape index (κ3) is 3.48. The fraction of sp³-hybridized carbons (Fsp3) is 0.100. The molecule has 0 bridgehead atoms. The van der Waals surface area contributed by atoms with E-state index in [-0.39, 0.29) is 11.7 Å². The molecule has 0 spiro atoms. The van der Waals surface area contributed by atoms with E-state index in [2.05, 4.69) is 15.3 Å². The summed E-state index contributed by atoms with van der Waals surface area (Å²) in [4.78, 5) is 7.91. The lowest BCUT2D eigenvalue weighted by molar-refractivity contribution is 0.00604. The van der Waals surface area contributed by atoms with Crippen molar-refractivity contribution >= 4 is 34.4 Å². The molecule has 0 radical (unpaired) electrons. The van der Waals surface area contributed by atoms with E-state index in [1.54, 1.807) is 36.4 Å². The molecule has 0 aliphatic heterocycles.